The molecule has 2 N–H and O–H groups in total. The van der Waals surface area contributed by atoms with Crippen molar-refractivity contribution in [1.29, 1.82) is 0 Å². The van der Waals surface area contributed by atoms with Crippen LogP contribution in [0.25, 0.3) is 33.2 Å². The predicted molar refractivity (Wildman–Crippen MR) is 91.1 cm³/mol. The Morgan fingerprint density at radius 3 is 2.70 bits per heavy atom. The molecule has 0 unspecified atom stereocenters. The summed E-state index contributed by atoms with van der Waals surface area (Å²) >= 11 is 0. The summed E-state index contributed by atoms with van der Waals surface area (Å²) in [4.78, 5) is 7.80. The number of hydrogen-bond acceptors (Lipinski definition) is 3. The molecular formula is C18H18N4O. The van der Waals surface area contributed by atoms with E-state index >= 15 is 0 Å². The summed E-state index contributed by atoms with van der Waals surface area (Å²) in [6.45, 7) is 2.20. The summed E-state index contributed by atoms with van der Waals surface area (Å²) < 4.78 is 1.93. The van der Waals surface area contributed by atoms with Crippen LogP contribution in [0.2, 0.25) is 0 Å². The maximum Gasteiger partial charge on any atom is 0.139 e. The lowest BCUT2D eigenvalue weighted by Gasteiger charge is -2.01. The smallest absolute Gasteiger partial charge is 0.139 e. The van der Waals surface area contributed by atoms with Gasteiger partial charge in [0.25, 0.3) is 0 Å². The van der Waals surface area contributed by atoms with E-state index in [1.165, 1.54) is 5.56 Å². The molecule has 4 rings (SSSR count). The number of pyridine rings is 1. The fraction of sp³-hybridized carbons (Fsp3) is 0.222. The fourth-order valence-corrected chi connectivity index (χ4v) is 3.17. The van der Waals surface area contributed by atoms with E-state index in [4.69, 9.17) is 5.10 Å². The molecule has 0 amide bonds. The highest BCUT2D eigenvalue weighted by Gasteiger charge is 2.16. The van der Waals surface area contributed by atoms with Crippen LogP contribution in [0.5, 0.6) is 0 Å². The largest absolute Gasteiger partial charge is 0.392 e. The van der Waals surface area contributed by atoms with Crippen LogP contribution in [0.4, 0.5) is 0 Å². The van der Waals surface area contributed by atoms with Gasteiger partial charge in [0.15, 0.2) is 0 Å². The number of fused-ring (bicyclic) bond motifs is 3. The normalized spacial score (nSPS) is 11.6. The van der Waals surface area contributed by atoms with E-state index < -0.39 is 0 Å². The number of hydrogen-bond donors (Lipinski definition) is 2. The first kappa shape index (κ1) is 14.0. The molecule has 4 aromatic rings. The van der Waals surface area contributed by atoms with Gasteiger partial charge < -0.3 is 10.1 Å². The lowest BCUT2D eigenvalue weighted by atomic mass is 10.1. The zero-order valence-electron chi connectivity index (χ0n) is 13.2. The predicted octanol–water partition coefficient (Wildman–Crippen LogP) is 3.17. The minimum atomic E-state index is 0.0502. The van der Waals surface area contributed by atoms with Gasteiger partial charge in [-0.1, -0.05) is 31.2 Å². The van der Waals surface area contributed by atoms with Gasteiger partial charge in [0.1, 0.15) is 11.3 Å². The molecule has 116 valence electrons. The molecule has 0 bridgehead atoms. The highest BCUT2D eigenvalue weighted by atomic mass is 16.3. The van der Waals surface area contributed by atoms with E-state index in [0.717, 1.165) is 45.2 Å². The first-order valence-electron chi connectivity index (χ1n) is 7.74. The number of rotatable bonds is 3. The SMILES string of the molecule is CCc1c[nH]c2ncc3c(-c4ccc(CO)cc4)nn(C)c3c12. The molecule has 23 heavy (non-hydrogen) atoms. The molecule has 0 atom stereocenters. The molecule has 0 aliphatic heterocycles. The van der Waals surface area contributed by atoms with Crippen molar-refractivity contribution < 1.29 is 5.11 Å². The van der Waals surface area contributed by atoms with Gasteiger partial charge in [-0.05, 0) is 17.5 Å². The summed E-state index contributed by atoms with van der Waals surface area (Å²) in [7, 11) is 1.97. The number of aliphatic hydroxyl groups is 1. The number of H-pyrrole nitrogens is 1. The third-order valence-corrected chi connectivity index (χ3v) is 4.38. The Hall–Kier alpha value is -2.66. The molecule has 0 saturated heterocycles. The van der Waals surface area contributed by atoms with Crippen molar-refractivity contribution in [2.75, 3.05) is 0 Å². The lowest BCUT2D eigenvalue weighted by Crippen LogP contribution is -1.92. The van der Waals surface area contributed by atoms with Crippen molar-refractivity contribution in [3.05, 3.63) is 47.8 Å². The summed E-state index contributed by atoms with van der Waals surface area (Å²) in [5, 5.41) is 16.1. The van der Waals surface area contributed by atoms with Crippen LogP contribution in [-0.4, -0.2) is 24.9 Å². The van der Waals surface area contributed by atoms with Crippen molar-refractivity contribution in [1.82, 2.24) is 19.7 Å². The number of nitrogens with zero attached hydrogens (tertiary/aromatic N) is 3. The van der Waals surface area contributed by atoms with Gasteiger partial charge in [-0.15, -0.1) is 0 Å². The topological polar surface area (TPSA) is 66.7 Å². The van der Waals surface area contributed by atoms with Crippen LogP contribution in [0, 0.1) is 0 Å². The fourth-order valence-electron chi connectivity index (χ4n) is 3.17. The summed E-state index contributed by atoms with van der Waals surface area (Å²) in [6, 6.07) is 7.84. The van der Waals surface area contributed by atoms with Gasteiger partial charge in [0.2, 0.25) is 0 Å². The Morgan fingerprint density at radius 2 is 2.00 bits per heavy atom. The van der Waals surface area contributed by atoms with Crippen LogP contribution in [0.1, 0.15) is 18.1 Å². The second-order valence-corrected chi connectivity index (χ2v) is 5.74. The van der Waals surface area contributed by atoms with Crippen LogP contribution >= 0.6 is 0 Å². The van der Waals surface area contributed by atoms with Crippen molar-refractivity contribution in [3.8, 4) is 11.3 Å². The first-order chi connectivity index (χ1) is 11.2. The van der Waals surface area contributed by atoms with Crippen LogP contribution < -0.4 is 0 Å². The van der Waals surface area contributed by atoms with Crippen molar-refractivity contribution in [2.45, 2.75) is 20.0 Å². The lowest BCUT2D eigenvalue weighted by molar-refractivity contribution is 0.282. The minimum Gasteiger partial charge on any atom is -0.392 e. The molecule has 0 aliphatic carbocycles. The molecule has 0 aliphatic rings. The van der Waals surface area contributed by atoms with Crippen LogP contribution in [-0.2, 0) is 20.1 Å². The molecule has 1 aromatic carbocycles. The standard InChI is InChI=1S/C18H18N4O/c1-3-12-8-19-18-15(12)17-14(9-20-18)16(21-22(17)2)13-6-4-11(10-23)5-7-13/h4-9,23H,3,10H2,1-2H3,(H,19,20). The van der Waals surface area contributed by atoms with E-state index in [-0.39, 0.29) is 6.61 Å². The first-order valence-corrected chi connectivity index (χ1v) is 7.74. The minimum absolute atomic E-state index is 0.0502. The third kappa shape index (κ3) is 2.04. The summed E-state index contributed by atoms with van der Waals surface area (Å²) in [5.41, 5.74) is 6.11. The molecule has 5 nitrogen and oxygen atoms in total. The quantitative estimate of drug-likeness (QED) is 0.611. The summed E-state index contributed by atoms with van der Waals surface area (Å²) in [6.07, 6.45) is 4.86. The Labute approximate surface area is 133 Å². The summed E-state index contributed by atoms with van der Waals surface area (Å²) in [5.74, 6) is 0. The Kier molecular flexibility index (Phi) is 3.16. The van der Waals surface area contributed by atoms with Crippen molar-refractivity contribution in [3.63, 3.8) is 0 Å². The molecule has 3 heterocycles. The average Bonchev–Trinajstić information content (AvgIpc) is 3.15. The highest BCUT2D eigenvalue weighted by molar-refractivity contribution is 6.08. The molecule has 0 saturated carbocycles. The number of aryl methyl sites for hydroxylation is 2. The maximum atomic E-state index is 9.19. The number of aromatic nitrogens is 4. The van der Waals surface area contributed by atoms with Crippen LogP contribution in [0.15, 0.2) is 36.7 Å². The molecule has 0 fully saturated rings. The third-order valence-electron chi connectivity index (χ3n) is 4.38. The van der Waals surface area contributed by atoms with E-state index in [1.807, 2.05) is 48.4 Å². The zero-order valence-corrected chi connectivity index (χ0v) is 13.2. The Morgan fingerprint density at radius 1 is 1.22 bits per heavy atom. The number of benzene rings is 1. The second-order valence-electron chi connectivity index (χ2n) is 5.74. The second kappa shape index (κ2) is 5.21. The van der Waals surface area contributed by atoms with Gasteiger partial charge in [-0.25, -0.2) is 4.98 Å². The number of aromatic amines is 1. The van der Waals surface area contributed by atoms with E-state index in [9.17, 15) is 5.11 Å². The van der Waals surface area contributed by atoms with Crippen molar-refractivity contribution >= 4 is 21.9 Å². The molecule has 0 spiro atoms. The van der Waals surface area contributed by atoms with Gasteiger partial charge in [-0.2, -0.15) is 5.10 Å². The average molecular weight is 306 g/mol. The highest BCUT2D eigenvalue weighted by Crippen LogP contribution is 2.33. The van der Waals surface area contributed by atoms with Crippen LogP contribution in [0.3, 0.4) is 0 Å². The maximum absolute atomic E-state index is 9.19. The monoisotopic (exact) mass is 306 g/mol. The number of aliphatic hydroxyl groups excluding tert-OH is 1. The Bertz CT molecular complexity index is 995. The van der Waals surface area contributed by atoms with E-state index in [2.05, 4.69) is 16.9 Å². The molecule has 5 heteroatoms. The zero-order chi connectivity index (χ0) is 16.0. The van der Waals surface area contributed by atoms with Gasteiger partial charge in [-0.3, -0.25) is 4.68 Å². The van der Waals surface area contributed by atoms with Gasteiger partial charge >= 0.3 is 0 Å². The van der Waals surface area contributed by atoms with Crippen molar-refractivity contribution in [2.24, 2.45) is 7.05 Å². The Balaban J connectivity index is 2.01. The molecule has 0 radical (unpaired) electrons. The molecular weight excluding hydrogens is 288 g/mol. The number of nitrogens with one attached hydrogen (secondary N) is 1. The van der Waals surface area contributed by atoms with Gasteiger partial charge in [0, 0.05) is 35.8 Å². The molecule has 3 aromatic heterocycles. The van der Waals surface area contributed by atoms with E-state index in [0.29, 0.717) is 0 Å². The van der Waals surface area contributed by atoms with E-state index in [1.54, 1.807) is 0 Å². The van der Waals surface area contributed by atoms with Gasteiger partial charge in [0.05, 0.1) is 12.1 Å².